The van der Waals surface area contributed by atoms with Crippen molar-refractivity contribution in [3.05, 3.63) is 68.5 Å². The maximum Gasteiger partial charge on any atom is 0.229 e. The quantitative estimate of drug-likeness (QED) is 0.494. The molecule has 25 heavy (non-hydrogen) atoms. The molecule has 4 nitrogen and oxygen atoms in total. The van der Waals surface area contributed by atoms with Crippen LogP contribution in [0.4, 0.5) is 27.5 Å². The normalized spacial score (nSPS) is 10.6. The summed E-state index contributed by atoms with van der Waals surface area (Å²) >= 11 is 23.7. The summed E-state index contributed by atoms with van der Waals surface area (Å²) in [5.41, 5.74) is 1.15. The Bertz CT molecular complexity index is 936. The molecule has 0 atom stereocenters. The van der Waals surface area contributed by atoms with E-state index in [1.54, 1.807) is 36.4 Å². The molecule has 0 bridgehead atoms. The van der Waals surface area contributed by atoms with Crippen molar-refractivity contribution in [2.45, 2.75) is 0 Å². The summed E-state index contributed by atoms with van der Waals surface area (Å²) in [5, 5.41) is 7.30. The van der Waals surface area contributed by atoms with Crippen molar-refractivity contribution in [2.75, 3.05) is 10.6 Å². The molecule has 3 aromatic rings. The molecule has 0 amide bonds. The summed E-state index contributed by atoms with van der Waals surface area (Å²) in [6.07, 6.45) is 1.05. The van der Waals surface area contributed by atoms with Crippen LogP contribution < -0.4 is 10.6 Å². The van der Waals surface area contributed by atoms with Crippen LogP contribution in [0.1, 0.15) is 0 Å². The topological polar surface area (TPSA) is 49.8 Å². The van der Waals surface area contributed by atoms with Crippen molar-refractivity contribution in [3.8, 4) is 0 Å². The summed E-state index contributed by atoms with van der Waals surface area (Å²) in [7, 11) is 0. The third kappa shape index (κ3) is 4.44. The predicted molar refractivity (Wildman–Crippen MR) is 101 cm³/mol. The lowest BCUT2D eigenvalue weighted by Gasteiger charge is -2.10. The van der Waals surface area contributed by atoms with Crippen LogP contribution in [-0.4, -0.2) is 9.97 Å². The Labute approximate surface area is 162 Å². The predicted octanol–water partition coefficient (Wildman–Crippen LogP) is 6.72. The van der Waals surface area contributed by atoms with Gasteiger partial charge >= 0.3 is 0 Å². The highest BCUT2D eigenvalue weighted by molar-refractivity contribution is 6.42. The zero-order chi connectivity index (χ0) is 18.0. The molecular weight excluding hydrogens is 409 g/mol. The first-order chi connectivity index (χ1) is 11.9. The smallest absolute Gasteiger partial charge is 0.229 e. The van der Waals surface area contributed by atoms with Crippen LogP contribution in [0, 0.1) is 5.82 Å². The first-order valence-corrected chi connectivity index (χ1v) is 8.40. The van der Waals surface area contributed by atoms with Crippen molar-refractivity contribution < 1.29 is 4.39 Å². The van der Waals surface area contributed by atoms with Crippen LogP contribution in [-0.2, 0) is 0 Å². The second-order valence-corrected chi connectivity index (χ2v) is 6.53. The van der Waals surface area contributed by atoms with Crippen LogP contribution in [0.2, 0.25) is 20.1 Å². The standard InChI is InChI=1S/C16H9Cl4FN4/c17-10-3-1-8(5-12(10)19)23-15-14(21)7-22-16(25-15)24-9-2-4-11(18)13(20)6-9/h1-7H,(H2,22,23,24,25). The Morgan fingerprint density at radius 3 is 1.88 bits per heavy atom. The summed E-state index contributed by atoms with van der Waals surface area (Å²) in [4.78, 5) is 8.01. The molecule has 0 unspecified atom stereocenters. The number of aromatic nitrogens is 2. The summed E-state index contributed by atoms with van der Waals surface area (Å²) in [5.74, 6) is -0.455. The third-order valence-corrected chi connectivity index (χ3v) is 4.58. The number of anilines is 4. The maximum atomic E-state index is 14.0. The Morgan fingerprint density at radius 1 is 0.760 bits per heavy atom. The number of hydrogen-bond donors (Lipinski definition) is 2. The van der Waals surface area contributed by atoms with Crippen LogP contribution in [0.25, 0.3) is 0 Å². The fraction of sp³-hybridized carbons (Fsp3) is 0. The van der Waals surface area contributed by atoms with Crippen molar-refractivity contribution in [2.24, 2.45) is 0 Å². The fourth-order valence-corrected chi connectivity index (χ4v) is 2.52. The van der Waals surface area contributed by atoms with Crippen LogP contribution in [0.5, 0.6) is 0 Å². The van der Waals surface area contributed by atoms with Gasteiger partial charge in [0.2, 0.25) is 5.95 Å². The zero-order valence-corrected chi connectivity index (χ0v) is 15.3. The highest BCUT2D eigenvalue weighted by Gasteiger charge is 2.09. The van der Waals surface area contributed by atoms with Gasteiger partial charge in [0.05, 0.1) is 26.3 Å². The molecule has 3 rings (SSSR count). The highest BCUT2D eigenvalue weighted by Crippen LogP contribution is 2.29. The Balaban J connectivity index is 1.84. The average Bonchev–Trinajstić information content (AvgIpc) is 2.57. The van der Waals surface area contributed by atoms with E-state index in [0.29, 0.717) is 31.5 Å². The number of rotatable bonds is 4. The zero-order valence-electron chi connectivity index (χ0n) is 12.3. The van der Waals surface area contributed by atoms with Crippen molar-refractivity contribution in [1.29, 1.82) is 0 Å². The van der Waals surface area contributed by atoms with Crippen LogP contribution in [0.15, 0.2) is 42.6 Å². The van der Waals surface area contributed by atoms with Gasteiger partial charge in [-0.2, -0.15) is 4.98 Å². The number of benzene rings is 2. The van der Waals surface area contributed by atoms with E-state index in [4.69, 9.17) is 46.4 Å². The first-order valence-electron chi connectivity index (χ1n) is 6.89. The van der Waals surface area contributed by atoms with Crippen LogP contribution >= 0.6 is 46.4 Å². The lowest BCUT2D eigenvalue weighted by atomic mass is 10.3. The van der Waals surface area contributed by atoms with Gasteiger partial charge in [-0.25, -0.2) is 9.37 Å². The summed E-state index contributed by atoms with van der Waals surface area (Å²) in [6, 6.07) is 9.76. The number of halogens is 5. The molecule has 0 spiro atoms. The van der Waals surface area contributed by atoms with E-state index >= 15 is 0 Å². The monoisotopic (exact) mass is 416 g/mol. The lowest BCUT2D eigenvalue weighted by Crippen LogP contribution is -2.03. The third-order valence-electron chi connectivity index (χ3n) is 3.10. The molecule has 9 heteroatoms. The van der Waals surface area contributed by atoms with Gasteiger partial charge in [-0.1, -0.05) is 46.4 Å². The van der Waals surface area contributed by atoms with E-state index in [1.807, 2.05) is 0 Å². The molecular formula is C16H9Cl4FN4. The van der Waals surface area contributed by atoms with Gasteiger partial charge in [0.25, 0.3) is 0 Å². The molecule has 0 aliphatic rings. The SMILES string of the molecule is Fc1cnc(Nc2ccc(Cl)c(Cl)c2)nc1Nc1ccc(Cl)c(Cl)c1. The molecule has 0 saturated carbocycles. The Hall–Kier alpha value is -1.79. The number of nitrogens with one attached hydrogen (secondary N) is 2. The second kappa shape index (κ2) is 7.62. The van der Waals surface area contributed by atoms with E-state index < -0.39 is 5.82 Å². The number of hydrogen-bond acceptors (Lipinski definition) is 4. The van der Waals surface area contributed by atoms with Gasteiger partial charge in [0.1, 0.15) is 0 Å². The van der Waals surface area contributed by atoms with Gasteiger partial charge in [0, 0.05) is 11.4 Å². The molecule has 0 aliphatic heterocycles. The Morgan fingerprint density at radius 2 is 1.32 bits per heavy atom. The lowest BCUT2D eigenvalue weighted by molar-refractivity contribution is 0.619. The van der Waals surface area contributed by atoms with Gasteiger partial charge in [-0.15, -0.1) is 0 Å². The number of nitrogens with zero attached hydrogens (tertiary/aromatic N) is 2. The molecule has 2 N–H and O–H groups in total. The summed E-state index contributed by atoms with van der Waals surface area (Å²) in [6.45, 7) is 0. The van der Waals surface area contributed by atoms with Crippen molar-refractivity contribution in [3.63, 3.8) is 0 Å². The van der Waals surface area contributed by atoms with E-state index in [-0.39, 0.29) is 11.8 Å². The minimum atomic E-state index is -0.620. The molecule has 1 aromatic heterocycles. The van der Waals surface area contributed by atoms with Crippen LogP contribution in [0.3, 0.4) is 0 Å². The minimum absolute atomic E-state index is 0.0176. The molecule has 1 heterocycles. The molecule has 2 aromatic carbocycles. The van der Waals surface area contributed by atoms with E-state index in [0.717, 1.165) is 6.20 Å². The average molecular weight is 418 g/mol. The molecule has 0 radical (unpaired) electrons. The Kier molecular flexibility index (Phi) is 5.49. The first kappa shape index (κ1) is 18.0. The van der Waals surface area contributed by atoms with Gasteiger partial charge < -0.3 is 10.6 Å². The molecule has 0 saturated heterocycles. The largest absolute Gasteiger partial charge is 0.338 e. The van der Waals surface area contributed by atoms with Gasteiger partial charge in [-0.3, -0.25) is 0 Å². The van der Waals surface area contributed by atoms with Crippen molar-refractivity contribution >= 4 is 69.5 Å². The molecule has 128 valence electrons. The minimum Gasteiger partial charge on any atom is -0.338 e. The molecule has 0 fully saturated rings. The van der Waals surface area contributed by atoms with Gasteiger partial charge in [0.15, 0.2) is 11.6 Å². The van der Waals surface area contributed by atoms with E-state index in [9.17, 15) is 4.39 Å². The van der Waals surface area contributed by atoms with Gasteiger partial charge in [-0.05, 0) is 36.4 Å². The second-order valence-electron chi connectivity index (χ2n) is 4.90. The van der Waals surface area contributed by atoms with Crippen molar-refractivity contribution in [1.82, 2.24) is 9.97 Å². The maximum absolute atomic E-state index is 14.0. The van der Waals surface area contributed by atoms with E-state index in [1.165, 1.54) is 0 Å². The van der Waals surface area contributed by atoms with E-state index in [2.05, 4.69) is 20.6 Å². The highest BCUT2D eigenvalue weighted by atomic mass is 35.5. The fourth-order valence-electron chi connectivity index (χ4n) is 1.93. The summed E-state index contributed by atoms with van der Waals surface area (Å²) < 4.78 is 14.0. The molecule has 0 aliphatic carbocycles.